The van der Waals surface area contributed by atoms with Gasteiger partial charge in [-0.3, -0.25) is 9.59 Å². The number of carbonyl (C=O) groups excluding carboxylic acids is 2. The van der Waals surface area contributed by atoms with Crippen LogP contribution in [0.1, 0.15) is 24.5 Å². The van der Waals surface area contributed by atoms with Crippen LogP contribution in [0.4, 0.5) is 11.4 Å². The summed E-state index contributed by atoms with van der Waals surface area (Å²) in [5.74, 6) is -0.113. The summed E-state index contributed by atoms with van der Waals surface area (Å²) in [5, 5.41) is 0. The fraction of sp³-hybridized carbons (Fsp3) is 0.185. The highest BCUT2D eigenvalue weighted by Gasteiger charge is 2.44. The lowest BCUT2D eigenvalue weighted by molar-refractivity contribution is -0.120. The second-order valence-corrected chi connectivity index (χ2v) is 7.88. The Balaban J connectivity index is 1.65. The van der Waals surface area contributed by atoms with Crippen molar-refractivity contribution < 1.29 is 14.3 Å². The van der Waals surface area contributed by atoms with Gasteiger partial charge in [-0.15, -0.1) is 0 Å². The molecule has 0 atom stereocenters. The predicted molar refractivity (Wildman–Crippen MR) is 126 cm³/mol. The molecule has 0 unspecified atom stereocenters. The summed E-state index contributed by atoms with van der Waals surface area (Å²) in [6, 6.07) is 24.7. The van der Waals surface area contributed by atoms with Crippen LogP contribution in [0.3, 0.4) is 0 Å². The summed E-state index contributed by atoms with van der Waals surface area (Å²) in [5.41, 5.74) is 4.23. The van der Waals surface area contributed by atoms with E-state index in [-0.39, 0.29) is 11.8 Å². The average molecular weight is 425 g/mol. The minimum absolute atomic E-state index is 0.321. The third-order valence-electron chi connectivity index (χ3n) is 5.85. The van der Waals surface area contributed by atoms with Crippen molar-refractivity contribution in [3.63, 3.8) is 0 Å². The molecule has 0 saturated heterocycles. The predicted octanol–water partition coefficient (Wildman–Crippen LogP) is 4.82. The lowest BCUT2D eigenvalue weighted by Crippen LogP contribution is -2.35. The highest BCUT2D eigenvalue weighted by molar-refractivity contribution is 6.46. The molecule has 0 bridgehead atoms. The summed E-state index contributed by atoms with van der Waals surface area (Å²) in [7, 11) is 0. The Labute approximate surface area is 187 Å². The van der Waals surface area contributed by atoms with Crippen molar-refractivity contribution in [2.45, 2.75) is 19.8 Å². The zero-order valence-electron chi connectivity index (χ0n) is 18.0. The molecule has 2 amide bonds. The first-order valence-corrected chi connectivity index (χ1v) is 11.0. The summed E-state index contributed by atoms with van der Waals surface area (Å²) < 4.78 is 5.88. The maximum absolute atomic E-state index is 13.9. The summed E-state index contributed by atoms with van der Waals surface area (Å²) in [6.45, 7) is 3.19. The average Bonchev–Trinajstić information content (AvgIpc) is 3.36. The highest BCUT2D eigenvalue weighted by Crippen LogP contribution is 2.42. The molecule has 5 heteroatoms. The Morgan fingerprint density at radius 1 is 0.812 bits per heavy atom. The summed E-state index contributed by atoms with van der Waals surface area (Å²) in [4.78, 5) is 30.9. The van der Waals surface area contributed by atoms with Crippen molar-refractivity contribution in [1.82, 2.24) is 0 Å². The van der Waals surface area contributed by atoms with Crippen molar-refractivity contribution in [2.24, 2.45) is 0 Å². The molecule has 3 aromatic carbocycles. The van der Waals surface area contributed by atoms with Crippen LogP contribution in [0, 0.1) is 0 Å². The van der Waals surface area contributed by atoms with Crippen molar-refractivity contribution in [1.29, 1.82) is 0 Å². The summed E-state index contributed by atoms with van der Waals surface area (Å²) >= 11 is 0. The van der Waals surface area contributed by atoms with E-state index >= 15 is 0 Å². The number of hydrogen-bond donors (Lipinski definition) is 0. The van der Waals surface area contributed by atoms with Crippen LogP contribution < -0.4 is 14.5 Å². The molecule has 0 aromatic heterocycles. The van der Waals surface area contributed by atoms with Crippen molar-refractivity contribution in [2.75, 3.05) is 23.0 Å². The molecule has 160 valence electrons. The zero-order valence-corrected chi connectivity index (χ0v) is 18.0. The Morgan fingerprint density at radius 3 is 2.28 bits per heavy atom. The number of benzene rings is 3. The molecule has 2 aliphatic rings. The molecule has 3 aromatic rings. The van der Waals surface area contributed by atoms with Gasteiger partial charge in [-0.1, -0.05) is 67.6 Å². The number of ether oxygens (including phenoxy) is 1. The van der Waals surface area contributed by atoms with E-state index in [0.29, 0.717) is 35.9 Å². The molecule has 0 spiro atoms. The Hall–Kier alpha value is -3.86. The first kappa shape index (κ1) is 20.1. The fourth-order valence-electron chi connectivity index (χ4n) is 4.40. The van der Waals surface area contributed by atoms with Gasteiger partial charge in [-0.2, -0.15) is 0 Å². The molecule has 5 rings (SSSR count). The molecule has 0 fully saturated rings. The minimum atomic E-state index is -0.326. The number of imide groups is 1. The van der Waals surface area contributed by atoms with Gasteiger partial charge in [0.25, 0.3) is 11.8 Å². The first-order chi connectivity index (χ1) is 15.7. The van der Waals surface area contributed by atoms with Gasteiger partial charge in [0.15, 0.2) is 0 Å². The standard InChI is InChI=1S/C27H24N2O3/c1-2-18-32-23-15-9-8-14-22(23)29-26(30)24(20-11-4-3-5-12-20)25(27(29)31)28-17-16-19-10-6-7-13-21(19)28/h3-15H,2,16-18H2,1H3. The largest absolute Gasteiger partial charge is 0.491 e. The maximum atomic E-state index is 13.9. The van der Waals surface area contributed by atoms with Gasteiger partial charge in [0, 0.05) is 12.2 Å². The molecule has 5 nitrogen and oxygen atoms in total. The van der Waals surface area contributed by atoms with E-state index in [4.69, 9.17) is 4.74 Å². The number of carbonyl (C=O) groups is 2. The molecular weight excluding hydrogens is 400 g/mol. The molecule has 0 saturated carbocycles. The SMILES string of the molecule is CCCOc1ccccc1N1C(=O)C(c2ccccc2)=C(N2CCc3ccccc32)C1=O. The monoisotopic (exact) mass is 424 g/mol. The van der Waals surface area contributed by atoms with Crippen molar-refractivity contribution in [3.05, 3.63) is 95.7 Å². The minimum Gasteiger partial charge on any atom is -0.491 e. The Morgan fingerprint density at radius 2 is 1.50 bits per heavy atom. The quantitative estimate of drug-likeness (QED) is 0.532. The van der Waals surface area contributed by atoms with Crippen LogP contribution >= 0.6 is 0 Å². The van der Waals surface area contributed by atoms with Crippen molar-refractivity contribution >= 4 is 28.8 Å². The van der Waals surface area contributed by atoms with E-state index in [1.54, 1.807) is 12.1 Å². The second-order valence-electron chi connectivity index (χ2n) is 7.88. The van der Waals surface area contributed by atoms with E-state index in [1.807, 2.05) is 72.5 Å². The lowest BCUT2D eigenvalue weighted by atomic mass is 10.0. The van der Waals surface area contributed by atoms with E-state index in [2.05, 4.69) is 6.07 Å². The van der Waals surface area contributed by atoms with Gasteiger partial charge in [0.2, 0.25) is 0 Å². The van der Waals surface area contributed by atoms with Crippen LogP contribution in [-0.4, -0.2) is 25.0 Å². The molecule has 0 N–H and O–H groups in total. The maximum Gasteiger partial charge on any atom is 0.282 e. The first-order valence-electron chi connectivity index (χ1n) is 11.0. The number of hydrogen-bond acceptors (Lipinski definition) is 4. The van der Waals surface area contributed by atoms with E-state index in [0.717, 1.165) is 24.1 Å². The second kappa shape index (κ2) is 8.35. The van der Waals surface area contributed by atoms with Crippen LogP contribution in [0.2, 0.25) is 0 Å². The topological polar surface area (TPSA) is 49.9 Å². The van der Waals surface area contributed by atoms with E-state index in [1.165, 1.54) is 10.5 Å². The van der Waals surface area contributed by atoms with E-state index in [9.17, 15) is 9.59 Å². The normalized spacial score (nSPS) is 15.5. The molecule has 2 aliphatic heterocycles. The number of nitrogens with zero attached hydrogens (tertiary/aromatic N) is 2. The highest BCUT2D eigenvalue weighted by atomic mass is 16.5. The third-order valence-corrected chi connectivity index (χ3v) is 5.85. The van der Waals surface area contributed by atoms with Gasteiger partial charge in [0.1, 0.15) is 11.4 Å². The molecule has 2 heterocycles. The Bertz CT molecular complexity index is 1220. The lowest BCUT2D eigenvalue weighted by Gasteiger charge is -2.22. The number of fused-ring (bicyclic) bond motifs is 1. The third kappa shape index (κ3) is 3.26. The number of amides is 2. The van der Waals surface area contributed by atoms with E-state index < -0.39 is 0 Å². The Kier molecular flexibility index (Phi) is 5.23. The number of anilines is 2. The van der Waals surface area contributed by atoms with Crippen molar-refractivity contribution in [3.8, 4) is 5.75 Å². The van der Waals surface area contributed by atoms with Crippen LogP contribution in [-0.2, 0) is 16.0 Å². The number of para-hydroxylation sites is 3. The van der Waals surface area contributed by atoms with Crippen LogP contribution in [0.5, 0.6) is 5.75 Å². The van der Waals surface area contributed by atoms with Gasteiger partial charge in [-0.05, 0) is 42.2 Å². The van der Waals surface area contributed by atoms with Gasteiger partial charge < -0.3 is 9.64 Å². The van der Waals surface area contributed by atoms with Gasteiger partial charge in [0.05, 0.1) is 17.9 Å². The van der Waals surface area contributed by atoms with Gasteiger partial charge in [-0.25, -0.2) is 4.90 Å². The van der Waals surface area contributed by atoms with Gasteiger partial charge >= 0.3 is 0 Å². The molecule has 32 heavy (non-hydrogen) atoms. The van der Waals surface area contributed by atoms with Crippen LogP contribution in [0.15, 0.2) is 84.6 Å². The smallest absolute Gasteiger partial charge is 0.282 e. The molecular formula is C27H24N2O3. The zero-order chi connectivity index (χ0) is 22.1. The number of rotatable bonds is 6. The molecule has 0 aliphatic carbocycles. The summed E-state index contributed by atoms with van der Waals surface area (Å²) in [6.07, 6.45) is 1.67. The molecule has 0 radical (unpaired) electrons. The van der Waals surface area contributed by atoms with Crippen LogP contribution in [0.25, 0.3) is 5.57 Å². The fourth-order valence-corrected chi connectivity index (χ4v) is 4.40.